The molecule has 18 heavy (non-hydrogen) atoms. The Balaban J connectivity index is 2.35. The van der Waals surface area contributed by atoms with Crippen LogP contribution >= 0.6 is 35.4 Å². The number of nitrogens with one attached hydrogen (secondary N) is 2. The SMILES string of the molecule is NC(=S)CCCNC(=O)Nc1ccc(Cl)c(Cl)c1. The van der Waals surface area contributed by atoms with Gasteiger partial charge in [-0.1, -0.05) is 35.4 Å². The highest BCUT2D eigenvalue weighted by molar-refractivity contribution is 7.80. The largest absolute Gasteiger partial charge is 0.393 e. The molecule has 0 aliphatic rings. The van der Waals surface area contributed by atoms with E-state index in [1.165, 1.54) is 0 Å². The molecule has 0 heterocycles. The smallest absolute Gasteiger partial charge is 0.319 e. The number of anilines is 1. The summed E-state index contributed by atoms with van der Waals surface area (Å²) in [4.78, 5) is 11.9. The quantitative estimate of drug-likeness (QED) is 0.578. The number of amides is 2. The minimum atomic E-state index is -0.309. The molecule has 0 unspecified atom stereocenters. The second-order valence-electron chi connectivity index (χ2n) is 3.58. The first-order valence-electron chi connectivity index (χ1n) is 5.27. The summed E-state index contributed by atoms with van der Waals surface area (Å²) in [6.07, 6.45) is 1.33. The van der Waals surface area contributed by atoms with Crippen LogP contribution in [0.4, 0.5) is 10.5 Å². The first-order chi connectivity index (χ1) is 8.49. The van der Waals surface area contributed by atoms with Crippen molar-refractivity contribution in [1.29, 1.82) is 0 Å². The number of carbonyl (C=O) groups excluding carboxylic acids is 1. The van der Waals surface area contributed by atoms with Gasteiger partial charge in [0.1, 0.15) is 0 Å². The second kappa shape index (κ2) is 7.41. The number of rotatable bonds is 5. The topological polar surface area (TPSA) is 67.1 Å². The third kappa shape index (κ3) is 5.53. The molecule has 2 amide bonds. The number of thiocarbonyl (C=S) groups is 1. The predicted octanol–water partition coefficient (Wildman–Crippen LogP) is 3.18. The number of nitrogens with two attached hydrogens (primary N) is 1. The minimum Gasteiger partial charge on any atom is -0.393 e. The first kappa shape index (κ1) is 15.0. The summed E-state index contributed by atoms with van der Waals surface area (Å²) in [5.74, 6) is 0. The Labute approximate surface area is 121 Å². The second-order valence-corrected chi connectivity index (χ2v) is 4.92. The summed E-state index contributed by atoms with van der Waals surface area (Å²) in [5, 5.41) is 6.16. The molecular formula is C11H13Cl2N3OS. The Morgan fingerprint density at radius 1 is 1.33 bits per heavy atom. The Hall–Kier alpha value is -1.04. The van der Waals surface area contributed by atoms with E-state index >= 15 is 0 Å². The molecule has 4 N–H and O–H groups in total. The standard InChI is InChI=1S/C11H13Cl2N3OS/c12-8-4-3-7(6-9(8)13)16-11(17)15-5-1-2-10(14)18/h3-4,6H,1-2,5H2,(H2,14,18)(H2,15,16,17). The zero-order chi connectivity index (χ0) is 13.5. The Morgan fingerprint density at radius 2 is 2.06 bits per heavy atom. The lowest BCUT2D eigenvalue weighted by molar-refractivity contribution is 0.252. The zero-order valence-corrected chi connectivity index (χ0v) is 11.8. The number of hydrogen-bond acceptors (Lipinski definition) is 2. The number of carbonyl (C=O) groups is 1. The molecular weight excluding hydrogens is 293 g/mol. The number of halogens is 2. The van der Waals surface area contributed by atoms with Gasteiger partial charge in [-0.15, -0.1) is 0 Å². The molecule has 0 saturated carbocycles. The Morgan fingerprint density at radius 3 is 2.67 bits per heavy atom. The molecule has 0 saturated heterocycles. The maximum absolute atomic E-state index is 11.5. The first-order valence-corrected chi connectivity index (χ1v) is 6.43. The summed E-state index contributed by atoms with van der Waals surface area (Å²) in [6, 6.07) is 4.56. The van der Waals surface area contributed by atoms with Crippen LogP contribution in [0.3, 0.4) is 0 Å². The molecule has 1 aromatic carbocycles. The van der Waals surface area contributed by atoms with Crippen LogP contribution in [0.25, 0.3) is 0 Å². The lowest BCUT2D eigenvalue weighted by atomic mass is 10.3. The molecule has 7 heteroatoms. The highest BCUT2D eigenvalue weighted by Gasteiger charge is 2.03. The van der Waals surface area contributed by atoms with Crippen molar-refractivity contribution in [3.63, 3.8) is 0 Å². The minimum absolute atomic E-state index is 0.309. The molecule has 4 nitrogen and oxygen atoms in total. The monoisotopic (exact) mass is 305 g/mol. The van der Waals surface area contributed by atoms with E-state index < -0.39 is 0 Å². The van der Waals surface area contributed by atoms with Gasteiger partial charge in [-0.3, -0.25) is 0 Å². The molecule has 0 aliphatic carbocycles. The molecule has 0 bridgehead atoms. The molecule has 0 radical (unpaired) electrons. The number of benzene rings is 1. The molecule has 0 aromatic heterocycles. The predicted molar refractivity (Wildman–Crippen MR) is 79.5 cm³/mol. The van der Waals surface area contributed by atoms with Gasteiger partial charge in [0, 0.05) is 12.2 Å². The lowest BCUT2D eigenvalue weighted by Crippen LogP contribution is -2.30. The van der Waals surface area contributed by atoms with Gasteiger partial charge in [-0.25, -0.2) is 4.79 Å². The highest BCUT2D eigenvalue weighted by atomic mass is 35.5. The summed E-state index contributed by atoms with van der Waals surface area (Å²) < 4.78 is 0. The van der Waals surface area contributed by atoms with Crippen molar-refractivity contribution in [3.05, 3.63) is 28.2 Å². The van der Waals surface area contributed by atoms with E-state index in [0.29, 0.717) is 40.1 Å². The van der Waals surface area contributed by atoms with Crippen LogP contribution in [0.2, 0.25) is 10.0 Å². The van der Waals surface area contributed by atoms with Crippen LogP contribution in [-0.4, -0.2) is 17.6 Å². The van der Waals surface area contributed by atoms with E-state index in [0.717, 1.165) is 0 Å². The molecule has 0 fully saturated rings. The van der Waals surface area contributed by atoms with Crippen molar-refractivity contribution >= 4 is 52.1 Å². The van der Waals surface area contributed by atoms with Gasteiger partial charge < -0.3 is 16.4 Å². The third-order valence-corrected chi connectivity index (χ3v) is 3.01. The Kier molecular flexibility index (Phi) is 6.18. The molecule has 0 atom stereocenters. The van der Waals surface area contributed by atoms with Crippen LogP contribution in [0.1, 0.15) is 12.8 Å². The van der Waals surface area contributed by atoms with Crippen molar-refractivity contribution in [3.8, 4) is 0 Å². The van der Waals surface area contributed by atoms with Crippen LogP contribution in [-0.2, 0) is 0 Å². The fourth-order valence-electron chi connectivity index (χ4n) is 1.21. The summed E-state index contributed by atoms with van der Waals surface area (Å²) in [7, 11) is 0. The van der Waals surface area contributed by atoms with E-state index in [1.54, 1.807) is 18.2 Å². The number of hydrogen-bond donors (Lipinski definition) is 3. The van der Waals surface area contributed by atoms with E-state index in [1.807, 2.05) is 0 Å². The van der Waals surface area contributed by atoms with Crippen LogP contribution in [0.5, 0.6) is 0 Å². The summed E-state index contributed by atoms with van der Waals surface area (Å²) >= 11 is 16.3. The van der Waals surface area contributed by atoms with Gasteiger partial charge in [0.25, 0.3) is 0 Å². The van der Waals surface area contributed by atoms with Crippen LogP contribution < -0.4 is 16.4 Å². The Bertz CT molecular complexity index is 454. The van der Waals surface area contributed by atoms with Crippen molar-refractivity contribution in [1.82, 2.24) is 5.32 Å². The van der Waals surface area contributed by atoms with Crippen LogP contribution in [0, 0.1) is 0 Å². The molecule has 1 rings (SSSR count). The third-order valence-electron chi connectivity index (χ3n) is 2.06. The maximum Gasteiger partial charge on any atom is 0.319 e. The van der Waals surface area contributed by atoms with Gasteiger partial charge >= 0.3 is 6.03 Å². The van der Waals surface area contributed by atoms with E-state index in [2.05, 4.69) is 10.6 Å². The molecule has 0 aliphatic heterocycles. The lowest BCUT2D eigenvalue weighted by Gasteiger charge is -2.08. The van der Waals surface area contributed by atoms with Crippen molar-refractivity contribution in [2.75, 3.05) is 11.9 Å². The van der Waals surface area contributed by atoms with Crippen LogP contribution in [0.15, 0.2) is 18.2 Å². The average molecular weight is 306 g/mol. The van der Waals surface area contributed by atoms with Crippen molar-refractivity contribution < 1.29 is 4.79 Å². The van der Waals surface area contributed by atoms with E-state index in [-0.39, 0.29) is 6.03 Å². The van der Waals surface area contributed by atoms with Gasteiger partial charge in [-0.2, -0.15) is 0 Å². The zero-order valence-electron chi connectivity index (χ0n) is 9.50. The molecule has 1 aromatic rings. The molecule has 0 spiro atoms. The van der Waals surface area contributed by atoms with E-state index in [9.17, 15) is 4.79 Å². The van der Waals surface area contributed by atoms with E-state index in [4.69, 9.17) is 41.2 Å². The fourth-order valence-corrected chi connectivity index (χ4v) is 1.66. The summed E-state index contributed by atoms with van der Waals surface area (Å²) in [5.41, 5.74) is 5.92. The maximum atomic E-state index is 11.5. The average Bonchev–Trinajstić information content (AvgIpc) is 2.29. The van der Waals surface area contributed by atoms with Crippen molar-refractivity contribution in [2.24, 2.45) is 5.73 Å². The van der Waals surface area contributed by atoms with Gasteiger partial charge in [-0.05, 0) is 31.0 Å². The highest BCUT2D eigenvalue weighted by Crippen LogP contribution is 2.24. The molecule has 98 valence electrons. The van der Waals surface area contributed by atoms with Gasteiger partial charge in [0.05, 0.1) is 15.0 Å². The fraction of sp³-hybridized carbons (Fsp3) is 0.273. The number of urea groups is 1. The van der Waals surface area contributed by atoms with Crippen molar-refractivity contribution in [2.45, 2.75) is 12.8 Å². The van der Waals surface area contributed by atoms with Gasteiger partial charge in [0.15, 0.2) is 0 Å². The summed E-state index contributed by atoms with van der Waals surface area (Å²) in [6.45, 7) is 0.504. The normalized spacial score (nSPS) is 9.89. The van der Waals surface area contributed by atoms with Gasteiger partial charge in [0.2, 0.25) is 0 Å².